The topological polar surface area (TPSA) is 77.1 Å². The van der Waals surface area contributed by atoms with Gasteiger partial charge in [-0.2, -0.15) is 0 Å². The van der Waals surface area contributed by atoms with Gasteiger partial charge in [-0.1, -0.05) is 0 Å². The molecule has 1 aromatic carbocycles. The van der Waals surface area contributed by atoms with E-state index in [0.29, 0.717) is 5.16 Å². The third-order valence-corrected chi connectivity index (χ3v) is 5.06. The molecule has 129 valence electrons. The van der Waals surface area contributed by atoms with E-state index in [-0.39, 0.29) is 36.7 Å². The molecular formula is C17H21N3NaO3S. The Kier molecular flexibility index (Phi) is 6.62. The Morgan fingerprint density at radius 1 is 1.24 bits per heavy atom. The normalized spacial score (nSPS) is 11.8. The van der Waals surface area contributed by atoms with Gasteiger partial charge < -0.3 is 14.5 Å². The molecule has 1 N–H and O–H groups in total. The first kappa shape index (κ1) is 19.9. The summed E-state index contributed by atoms with van der Waals surface area (Å²) in [4.78, 5) is 11.9. The van der Waals surface area contributed by atoms with Crippen molar-refractivity contribution >= 4 is 51.4 Å². The molecule has 25 heavy (non-hydrogen) atoms. The van der Waals surface area contributed by atoms with E-state index in [0.717, 1.165) is 39.4 Å². The van der Waals surface area contributed by atoms with Gasteiger partial charge in [-0.3, -0.25) is 9.19 Å². The summed E-state index contributed by atoms with van der Waals surface area (Å²) < 4.78 is 23.3. The van der Waals surface area contributed by atoms with Crippen molar-refractivity contribution in [2.45, 2.75) is 24.8 Å². The zero-order valence-corrected chi connectivity index (χ0v) is 17.9. The number of aryl methyl sites for hydroxylation is 1. The molecule has 0 bridgehead atoms. The number of hydrogen-bond acceptors (Lipinski definition) is 5. The maximum Gasteiger partial charge on any atom is 0.197 e. The van der Waals surface area contributed by atoms with Gasteiger partial charge in [-0.05, 0) is 26.0 Å². The van der Waals surface area contributed by atoms with E-state index in [2.05, 4.69) is 15.0 Å². The van der Waals surface area contributed by atoms with Crippen molar-refractivity contribution in [3.8, 4) is 11.5 Å². The summed E-state index contributed by atoms with van der Waals surface area (Å²) in [6.07, 6.45) is 1.74. The largest absolute Gasteiger partial charge is 0.497 e. The minimum absolute atomic E-state index is 0. The minimum Gasteiger partial charge on any atom is -0.497 e. The Balaban J connectivity index is 0.00000169. The average Bonchev–Trinajstić information content (AvgIpc) is 3.01. The van der Waals surface area contributed by atoms with Gasteiger partial charge in [0.05, 0.1) is 47.5 Å². The fourth-order valence-electron chi connectivity index (χ4n) is 2.61. The maximum atomic E-state index is 12.7. The average molecular weight is 370 g/mol. The molecule has 0 aliphatic carbocycles. The quantitative estimate of drug-likeness (QED) is 0.699. The summed E-state index contributed by atoms with van der Waals surface area (Å²) in [5, 5.41) is 0.430. The first-order chi connectivity index (χ1) is 11.5. The molecule has 0 aliphatic rings. The van der Waals surface area contributed by atoms with Gasteiger partial charge >= 0.3 is 0 Å². The van der Waals surface area contributed by atoms with Crippen LogP contribution in [0.5, 0.6) is 11.5 Å². The number of benzene rings is 1. The molecule has 0 fully saturated rings. The molecule has 0 aliphatic heterocycles. The molecule has 8 heteroatoms. The van der Waals surface area contributed by atoms with Crippen molar-refractivity contribution in [2.75, 3.05) is 14.2 Å². The van der Waals surface area contributed by atoms with Gasteiger partial charge in [-0.25, -0.2) is 4.98 Å². The van der Waals surface area contributed by atoms with E-state index in [1.165, 1.54) is 0 Å². The number of aromatic nitrogens is 3. The van der Waals surface area contributed by atoms with Gasteiger partial charge in [0.2, 0.25) is 0 Å². The monoisotopic (exact) mass is 370 g/mol. The number of rotatable bonds is 5. The fourth-order valence-corrected chi connectivity index (χ4v) is 3.71. The first-order valence-electron chi connectivity index (χ1n) is 7.44. The molecule has 0 spiro atoms. The second kappa shape index (κ2) is 8.31. The van der Waals surface area contributed by atoms with E-state index in [9.17, 15) is 4.21 Å². The van der Waals surface area contributed by atoms with E-state index in [1.807, 2.05) is 32.0 Å². The Hall–Kier alpha value is -1.41. The molecule has 3 rings (SSSR count). The van der Waals surface area contributed by atoms with E-state index in [4.69, 9.17) is 9.47 Å². The number of aromatic amines is 1. The number of fused-ring (bicyclic) bond motifs is 1. The number of imidazole rings is 1. The van der Waals surface area contributed by atoms with Crippen LogP contribution in [0.3, 0.4) is 0 Å². The van der Waals surface area contributed by atoms with Crippen LogP contribution in [-0.4, -0.2) is 62.9 Å². The zero-order chi connectivity index (χ0) is 17.3. The molecule has 0 amide bonds. The Morgan fingerprint density at radius 2 is 2.00 bits per heavy atom. The molecule has 2 aromatic heterocycles. The van der Waals surface area contributed by atoms with Crippen molar-refractivity contribution in [3.63, 3.8) is 0 Å². The standard InChI is InChI=1S/C17H19N3O3S.Na.H2/c1-10-8-18-15(11(2)16(10)23-4)9-24(21)17-19-13-6-5-12(22-3)7-14(13)20-17;;/h5-8H,9H2,1-4H3,(H,19,20);;1H/t24-;;/m1../s1. The summed E-state index contributed by atoms with van der Waals surface area (Å²) >= 11 is 0. The van der Waals surface area contributed by atoms with Gasteiger partial charge in [0.15, 0.2) is 5.16 Å². The molecule has 3 aromatic rings. The summed E-state index contributed by atoms with van der Waals surface area (Å²) in [5.74, 6) is 1.79. The van der Waals surface area contributed by atoms with Crippen LogP contribution in [0.4, 0.5) is 0 Å². The van der Waals surface area contributed by atoms with E-state index in [1.54, 1.807) is 20.4 Å². The third kappa shape index (κ3) is 4.06. The van der Waals surface area contributed by atoms with Gasteiger partial charge in [0, 0.05) is 54.4 Å². The molecule has 2 heterocycles. The Bertz CT molecular complexity index is 933. The smallest absolute Gasteiger partial charge is 0.197 e. The number of nitrogens with zero attached hydrogens (tertiary/aromatic N) is 2. The van der Waals surface area contributed by atoms with Crippen molar-refractivity contribution in [3.05, 3.63) is 41.2 Å². The number of pyridine rings is 1. The predicted molar refractivity (Wildman–Crippen MR) is 101 cm³/mol. The number of H-pyrrole nitrogens is 1. The van der Waals surface area contributed by atoms with Gasteiger partial charge in [-0.15, -0.1) is 0 Å². The molecular weight excluding hydrogens is 349 g/mol. The van der Waals surface area contributed by atoms with Crippen molar-refractivity contribution in [1.29, 1.82) is 0 Å². The minimum atomic E-state index is -1.33. The molecule has 0 saturated heterocycles. The molecule has 1 atom stereocenters. The summed E-state index contributed by atoms with van der Waals surface area (Å²) in [6, 6.07) is 5.50. The van der Waals surface area contributed by atoms with Crippen LogP contribution >= 0.6 is 0 Å². The third-order valence-electron chi connectivity index (χ3n) is 3.90. The molecule has 0 unspecified atom stereocenters. The van der Waals surface area contributed by atoms with Crippen molar-refractivity contribution in [1.82, 2.24) is 15.0 Å². The maximum absolute atomic E-state index is 12.7. The van der Waals surface area contributed by atoms with E-state index < -0.39 is 10.8 Å². The van der Waals surface area contributed by atoms with Crippen molar-refractivity contribution in [2.24, 2.45) is 0 Å². The summed E-state index contributed by atoms with van der Waals surface area (Å²) in [5.41, 5.74) is 4.16. The second-order valence-corrected chi connectivity index (χ2v) is 6.83. The van der Waals surface area contributed by atoms with Gasteiger partial charge in [0.25, 0.3) is 0 Å². The number of hydrogen-bond donors (Lipinski definition) is 1. The van der Waals surface area contributed by atoms with Crippen LogP contribution in [0.15, 0.2) is 29.6 Å². The molecule has 6 nitrogen and oxygen atoms in total. The van der Waals surface area contributed by atoms with Crippen molar-refractivity contribution < 1.29 is 15.1 Å². The SMILES string of the molecule is COc1ccc2nc([S@](=O)Cc3ncc(C)c(OC)c3C)[nH]c2c1.[HH].[Na]. The van der Waals surface area contributed by atoms with Gasteiger partial charge in [0.1, 0.15) is 11.5 Å². The number of ether oxygens (including phenoxy) is 2. The van der Waals surface area contributed by atoms with Crippen LogP contribution < -0.4 is 9.47 Å². The summed E-state index contributed by atoms with van der Waals surface area (Å²) in [6.45, 7) is 3.86. The van der Waals surface area contributed by atoms with Crippen LogP contribution in [0.25, 0.3) is 11.0 Å². The zero-order valence-electron chi connectivity index (χ0n) is 15.0. The van der Waals surface area contributed by atoms with Crippen LogP contribution in [0, 0.1) is 13.8 Å². The molecule has 0 saturated carbocycles. The number of methoxy groups -OCH3 is 2. The van der Waals surface area contributed by atoms with Crippen LogP contribution in [-0.2, 0) is 16.6 Å². The van der Waals surface area contributed by atoms with Crippen LogP contribution in [0.2, 0.25) is 0 Å². The number of nitrogens with one attached hydrogen (secondary N) is 1. The molecule has 1 radical (unpaired) electrons. The van der Waals surface area contributed by atoms with E-state index >= 15 is 0 Å². The van der Waals surface area contributed by atoms with Crippen LogP contribution in [0.1, 0.15) is 18.2 Å². The Morgan fingerprint density at radius 3 is 2.68 bits per heavy atom. The fraction of sp³-hybridized carbons (Fsp3) is 0.294. The Labute approximate surface area is 172 Å². The predicted octanol–water partition coefficient (Wildman–Crippen LogP) is 2.76. The summed E-state index contributed by atoms with van der Waals surface area (Å²) in [7, 11) is 1.91. The second-order valence-electron chi connectivity index (χ2n) is 5.46. The first-order valence-corrected chi connectivity index (χ1v) is 8.76.